The molecule has 1 fully saturated rings. The molecule has 2 rings (SSSR count). The second-order valence-electron chi connectivity index (χ2n) is 5.57. The van der Waals surface area contributed by atoms with Crippen molar-refractivity contribution in [3.63, 3.8) is 0 Å². The normalized spacial score (nSPS) is 16.7. The molecular formula is C15H23BrF3IN4S. The molecule has 0 aliphatic carbocycles. The molecule has 0 saturated carbocycles. The first-order valence-corrected chi connectivity index (χ1v) is 9.55. The molecule has 0 spiro atoms. The van der Waals surface area contributed by atoms with Crippen LogP contribution in [0.2, 0.25) is 0 Å². The molecule has 0 amide bonds. The summed E-state index contributed by atoms with van der Waals surface area (Å²) in [6, 6.07) is 4.16. The predicted octanol–water partition coefficient (Wildman–Crippen LogP) is 4.16. The summed E-state index contributed by atoms with van der Waals surface area (Å²) in [6.07, 6.45) is -5.04. The lowest BCUT2D eigenvalue weighted by molar-refractivity contribution is -0.132. The zero-order valence-electron chi connectivity index (χ0n) is 14.0. The van der Waals surface area contributed by atoms with Crippen LogP contribution in [0.15, 0.2) is 20.9 Å². The molecule has 1 N–H and O–H groups in total. The van der Waals surface area contributed by atoms with Gasteiger partial charge in [0, 0.05) is 44.1 Å². The van der Waals surface area contributed by atoms with E-state index in [9.17, 15) is 13.2 Å². The van der Waals surface area contributed by atoms with Crippen LogP contribution in [0.5, 0.6) is 0 Å². The van der Waals surface area contributed by atoms with E-state index in [2.05, 4.69) is 37.2 Å². The Balaban J connectivity index is 0.00000312. The quantitative estimate of drug-likeness (QED) is 0.337. The minimum atomic E-state index is -4.16. The van der Waals surface area contributed by atoms with Crippen LogP contribution in [0, 0.1) is 0 Å². The number of nitrogens with zero attached hydrogens (tertiary/aromatic N) is 3. The molecule has 2 heterocycles. The highest BCUT2D eigenvalue weighted by atomic mass is 127. The van der Waals surface area contributed by atoms with Gasteiger partial charge in [-0.2, -0.15) is 13.2 Å². The van der Waals surface area contributed by atoms with Gasteiger partial charge in [-0.25, -0.2) is 0 Å². The van der Waals surface area contributed by atoms with Crippen LogP contribution >= 0.6 is 51.2 Å². The fourth-order valence-corrected chi connectivity index (χ4v) is 4.01. The first-order valence-electron chi connectivity index (χ1n) is 7.94. The average molecular weight is 555 g/mol. The number of aliphatic imine (C=N–C) groups is 1. The summed E-state index contributed by atoms with van der Waals surface area (Å²) >= 11 is 5.20. The summed E-state index contributed by atoms with van der Waals surface area (Å²) in [5.41, 5.74) is 0. The van der Waals surface area contributed by atoms with Gasteiger partial charge in [0.15, 0.2) is 5.96 Å². The number of halogens is 5. The standard InChI is InChI=1S/C15H22BrF3N4S.HI/c1-2-20-14(21-6-5-15(17,18)19)23-9-7-22(8-10-23)11-12-3-4-13(16)24-12;/h3-4H,2,5-11H2,1H3,(H,20,21);1H. The van der Waals surface area contributed by atoms with Crippen LogP contribution in [0.25, 0.3) is 0 Å². The Morgan fingerprint density at radius 1 is 1.28 bits per heavy atom. The van der Waals surface area contributed by atoms with E-state index in [1.165, 1.54) is 4.88 Å². The van der Waals surface area contributed by atoms with Crippen LogP contribution in [0.1, 0.15) is 18.2 Å². The topological polar surface area (TPSA) is 30.9 Å². The molecule has 0 bridgehead atoms. The van der Waals surface area contributed by atoms with E-state index in [-0.39, 0.29) is 30.5 Å². The average Bonchev–Trinajstić information content (AvgIpc) is 2.91. The molecular weight excluding hydrogens is 532 g/mol. The predicted molar refractivity (Wildman–Crippen MR) is 111 cm³/mol. The van der Waals surface area contributed by atoms with E-state index < -0.39 is 12.6 Å². The lowest BCUT2D eigenvalue weighted by Crippen LogP contribution is -2.52. The van der Waals surface area contributed by atoms with E-state index >= 15 is 0 Å². The number of alkyl halides is 3. The van der Waals surface area contributed by atoms with Crippen molar-refractivity contribution in [2.45, 2.75) is 26.1 Å². The van der Waals surface area contributed by atoms with Crippen LogP contribution in [0.3, 0.4) is 0 Å². The van der Waals surface area contributed by atoms with Gasteiger partial charge in [0.25, 0.3) is 0 Å². The monoisotopic (exact) mass is 554 g/mol. The van der Waals surface area contributed by atoms with Gasteiger partial charge in [-0.15, -0.1) is 35.3 Å². The van der Waals surface area contributed by atoms with Crippen LogP contribution in [-0.4, -0.2) is 61.2 Å². The number of hydrogen-bond acceptors (Lipinski definition) is 3. The van der Waals surface area contributed by atoms with Crippen molar-refractivity contribution in [2.75, 3.05) is 39.3 Å². The molecule has 0 unspecified atom stereocenters. The maximum atomic E-state index is 12.3. The maximum absolute atomic E-state index is 12.3. The lowest BCUT2D eigenvalue weighted by Gasteiger charge is -2.36. The van der Waals surface area contributed by atoms with Crippen LogP contribution in [0.4, 0.5) is 13.2 Å². The Morgan fingerprint density at radius 3 is 2.48 bits per heavy atom. The second-order valence-corrected chi connectivity index (χ2v) is 8.12. The smallest absolute Gasteiger partial charge is 0.357 e. The molecule has 0 aromatic carbocycles. The minimum absolute atomic E-state index is 0. The highest BCUT2D eigenvalue weighted by Gasteiger charge is 2.26. The number of piperazine rings is 1. The van der Waals surface area contributed by atoms with E-state index in [1.54, 1.807) is 11.3 Å². The zero-order valence-corrected chi connectivity index (χ0v) is 18.7. The Kier molecular flexibility index (Phi) is 10.0. The number of nitrogens with one attached hydrogen (secondary N) is 1. The van der Waals surface area contributed by atoms with E-state index in [1.807, 2.05) is 17.9 Å². The molecule has 4 nitrogen and oxygen atoms in total. The third-order valence-electron chi connectivity index (χ3n) is 3.67. The lowest BCUT2D eigenvalue weighted by atomic mass is 10.3. The van der Waals surface area contributed by atoms with Crippen molar-refractivity contribution in [1.29, 1.82) is 0 Å². The first kappa shape index (κ1) is 23.0. The van der Waals surface area contributed by atoms with Crippen molar-refractivity contribution in [3.8, 4) is 0 Å². The number of hydrogen-bond donors (Lipinski definition) is 1. The van der Waals surface area contributed by atoms with Gasteiger partial charge in [0.05, 0.1) is 16.8 Å². The molecule has 1 aromatic rings. The molecule has 1 aromatic heterocycles. The Labute approximate surface area is 176 Å². The third-order valence-corrected chi connectivity index (χ3v) is 5.28. The molecule has 1 aliphatic heterocycles. The number of thiophene rings is 1. The van der Waals surface area contributed by atoms with Gasteiger partial charge in [-0.05, 0) is 35.0 Å². The fraction of sp³-hybridized carbons (Fsp3) is 0.667. The molecule has 1 aliphatic rings. The van der Waals surface area contributed by atoms with Gasteiger partial charge in [0.2, 0.25) is 0 Å². The first-order chi connectivity index (χ1) is 11.4. The van der Waals surface area contributed by atoms with Crippen molar-refractivity contribution in [3.05, 3.63) is 20.8 Å². The van der Waals surface area contributed by atoms with Gasteiger partial charge in [-0.3, -0.25) is 9.89 Å². The van der Waals surface area contributed by atoms with E-state index in [4.69, 9.17) is 0 Å². The summed E-state index contributed by atoms with van der Waals surface area (Å²) in [5, 5.41) is 3.09. The molecule has 0 radical (unpaired) electrons. The van der Waals surface area contributed by atoms with Gasteiger partial charge >= 0.3 is 6.18 Å². The van der Waals surface area contributed by atoms with Crippen molar-refractivity contribution < 1.29 is 13.2 Å². The maximum Gasteiger partial charge on any atom is 0.390 e. The molecule has 10 heteroatoms. The fourth-order valence-electron chi connectivity index (χ4n) is 2.49. The Hall–Kier alpha value is -0.0700. The van der Waals surface area contributed by atoms with Crippen molar-refractivity contribution >= 4 is 57.2 Å². The Morgan fingerprint density at radius 2 is 1.96 bits per heavy atom. The van der Waals surface area contributed by atoms with E-state index in [0.717, 1.165) is 36.5 Å². The van der Waals surface area contributed by atoms with Crippen LogP contribution in [-0.2, 0) is 6.54 Å². The molecule has 25 heavy (non-hydrogen) atoms. The second kappa shape index (κ2) is 10.9. The van der Waals surface area contributed by atoms with Crippen molar-refractivity contribution in [1.82, 2.24) is 15.1 Å². The molecule has 1 saturated heterocycles. The summed E-state index contributed by atoms with van der Waals surface area (Å²) in [5.74, 6) is 0.584. The van der Waals surface area contributed by atoms with Crippen molar-refractivity contribution in [2.24, 2.45) is 4.99 Å². The largest absolute Gasteiger partial charge is 0.390 e. The SMILES string of the molecule is CCNC(=NCCC(F)(F)F)N1CCN(Cc2ccc(Br)s2)CC1.I. The summed E-state index contributed by atoms with van der Waals surface area (Å²) < 4.78 is 38.0. The summed E-state index contributed by atoms with van der Waals surface area (Å²) in [6.45, 7) is 6.53. The molecule has 144 valence electrons. The summed E-state index contributed by atoms with van der Waals surface area (Å²) in [7, 11) is 0. The van der Waals surface area contributed by atoms with E-state index in [0.29, 0.717) is 12.5 Å². The summed E-state index contributed by atoms with van der Waals surface area (Å²) in [4.78, 5) is 9.83. The van der Waals surface area contributed by atoms with Crippen LogP contribution < -0.4 is 5.32 Å². The highest BCUT2D eigenvalue weighted by molar-refractivity contribution is 14.0. The number of guanidine groups is 1. The van der Waals surface area contributed by atoms with Gasteiger partial charge < -0.3 is 10.2 Å². The Bertz CT molecular complexity index is 545. The number of rotatable bonds is 5. The molecule has 0 atom stereocenters. The zero-order chi connectivity index (χ0) is 17.6. The van der Waals surface area contributed by atoms with Gasteiger partial charge in [0.1, 0.15) is 0 Å². The highest BCUT2D eigenvalue weighted by Crippen LogP contribution is 2.23. The van der Waals surface area contributed by atoms with Gasteiger partial charge in [-0.1, -0.05) is 0 Å². The third kappa shape index (κ3) is 8.44. The minimum Gasteiger partial charge on any atom is -0.357 e.